The Bertz CT molecular complexity index is 1300. The second-order valence-corrected chi connectivity index (χ2v) is 11.3. The number of hydrogen-bond donors (Lipinski definition) is 2. The van der Waals surface area contributed by atoms with Crippen molar-refractivity contribution < 1.29 is 19.4 Å². The SMILES string of the molecule is CCC[C@@H](O)COc1ccc(Cl)c(-c2nc(C(C(C)=O)=C(C)N)c(C)c(N3CC(C)(C(=O)N4CCC4)C3)n2)c1. The lowest BCUT2D eigenvalue weighted by Gasteiger charge is -2.51. The van der Waals surface area contributed by atoms with Crippen LogP contribution in [0.15, 0.2) is 23.9 Å². The van der Waals surface area contributed by atoms with Crippen molar-refractivity contribution in [2.24, 2.45) is 11.1 Å². The van der Waals surface area contributed by atoms with Gasteiger partial charge in [0.15, 0.2) is 11.6 Å². The number of benzene rings is 1. The number of aromatic nitrogens is 2. The number of amides is 1. The molecular formula is C29H38ClN5O4. The molecule has 0 radical (unpaired) electrons. The number of aliphatic hydroxyl groups is 1. The zero-order valence-corrected chi connectivity index (χ0v) is 24.1. The summed E-state index contributed by atoms with van der Waals surface area (Å²) in [7, 11) is 0. The number of likely N-dealkylation sites (tertiary alicyclic amines) is 1. The molecule has 0 bridgehead atoms. The number of nitrogens with zero attached hydrogens (tertiary/aromatic N) is 4. The van der Waals surface area contributed by atoms with Gasteiger partial charge in [-0.1, -0.05) is 24.9 Å². The van der Waals surface area contributed by atoms with Crippen LogP contribution in [0.3, 0.4) is 0 Å². The van der Waals surface area contributed by atoms with Gasteiger partial charge in [0.2, 0.25) is 5.91 Å². The van der Waals surface area contributed by atoms with Crippen LogP contribution in [0, 0.1) is 12.3 Å². The highest BCUT2D eigenvalue weighted by atomic mass is 35.5. The molecule has 0 saturated carbocycles. The number of aliphatic hydroxyl groups excluding tert-OH is 1. The van der Waals surface area contributed by atoms with Crippen LogP contribution in [0.25, 0.3) is 17.0 Å². The highest BCUT2D eigenvalue weighted by Gasteiger charge is 2.49. The Morgan fingerprint density at radius 2 is 1.92 bits per heavy atom. The van der Waals surface area contributed by atoms with Gasteiger partial charge in [-0.05, 0) is 58.7 Å². The number of anilines is 1. The first-order chi connectivity index (χ1) is 18.4. The minimum absolute atomic E-state index is 0.154. The predicted molar refractivity (Wildman–Crippen MR) is 153 cm³/mol. The Morgan fingerprint density at radius 3 is 2.49 bits per heavy atom. The van der Waals surface area contributed by atoms with E-state index in [1.165, 1.54) is 6.92 Å². The summed E-state index contributed by atoms with van der Waals surface area (Å²) >= 11 is 6.61. The average molecular weight is 556 g/mol. The van der Waals surface area contributed by atoms with Crippen LogP contribution >= 0.6 is 11.6 Å². The van der Waals surface area contributed by atoms with E-state index in [4.69, 9.17) is 32.0 Å². The van der Waals surface area contributed by atoms with Crippen molar-refractivity contribution >= 4 is 34.7 Å². The lowest BCUT2D eigenvalue weighted by molar-refractivity contribution is -0.146. The Labute approximate surface area is 235 Å². The van der Waals surface area contributed by atoms with Crippen LogP contribution in [-0.2, 0) is 9.59 Å². The smallest absolute Gasteiger partial charge is 0.232 e. The number of carbonyl (C=O) groups is 2. The van der Waals surface area contributed by atoms with Gasteiger partial charge in [-0.2, -0.15) is 0 Å². The molecule has 0 aliphatic carbocycles. The summed E-state index contributed by atoms with van der Waals surface area (Å²) in [5.74, 6) is 1.42. The molecule has 1 amide bonds. The van der Waals surface area contributed by atoms with Gasteiger partial charge in [-0.3, -0.25) is 9.59 Å². The van der Waals surface area contributed by atoms with Crippen molar-refractivity contribution in [1.82, 2.24) is 14.9 Å². The van der Waals surface area contributed by atoms with Crippen molar-refractivity contribution in [1.29, 1.82) is 0 Å². The number of allylic oxidation sites excluding steroid dienone is 2. The zero-order chi connectivity index (χ0) is 28.5. The largest absolute Gasteiger partial charge is 0.491 e. The Kier molecular flexibility index (Phi) is 8.51. The molecule has 2 fully saturated rings. The standard InChI is InChI=1S/C29H38ClN5O4/c1-6-8-20(37)14-39-21-9-10-23(30)22(13-21)26-32-25(24(18(3)31)19(4)36)17(2)27(33-26)35-15-29(5,16-35)28(38)34-11-7-12-34/h9-10,13,20,37H,6-8,11-12,14-16,31H2,1-5H3/t20-/m1/s1. The second kappa shape index (κ2) is 11.5. The maximum absolute atomic E-state index is 13.0. The van der Waals surface area contributed by atoms with Crippen LogP contribution in [0.4, 0.5) is 5.82 Å². The fourth-order valence-electron chi connectivity index (χ4n) is 5.16. The van der Waals surface area contributed by atoms with Gasteiger partial charge in [-0.15, -0.1) is 0 Å². The highest BCUT2D eigenvalue weighted by molar-refractivity contribution is 6.33. The number of carbonyl (C=O) groups excluding carboxylic acids is 2. The molecule has 4 rings (SSSR count). The molecule has 0 unspecified atom stereocenters. The zero-order valence-electron chi connectivity index (χ0n) is 23.4. The maximum Gasteiger partial charge on any atom is 0.232 e. The average Bonchev–Trinajstić information content (AvgIpc) is 2.81. The normalized spacial score (nSPS) is 17.6. The predicted octanol–water partition coefficient (Wildman–Crippen LogP) is 3.98. The first-order valence-corrected chi connectivity index (χ1v) is 13.8. The van der Waals surface area contributed by atoms with E-state index in [9.17, 15) is 14.7 Å². The van der Waals surface area contributed by atoms with E-state index in [2.05, 4.69) is 0 Å². The number of hydrogen-bond acceptors (Lipinski definition) is 8. The van der Waals surface area contributed by atoms with Gasteiger partial charge in [-0.25, -0.2) is 9.97 Å². The van der Waals surface area contributed by atoms with Gasteiger partial charge in [0.25, 0.3) is 0 Å². The number of Topliss-reactive ketones (excluding diaryl/α,β-unsaturated/α-hetero) is 1. The number of ketones is 1. The van der Waals surface area contributed by atoms with Crippen molar-refractivity contribution in [2.75, 3.05) is 37.7 Å². The van der Waals surface area contributed by atoms with E-state index in [-0.39, 0.29) is 18.3 Å². The van der Waals surface area contributed by atoms with E-state index in [0.717, 1.165) is 25.9 Å². The molecule has 2 saturated heterocycles. The van der Waals surface area contributed by atoms with Crippen LogP contribution < -0.4 is 15.4 Å². The fourth-order valence-corrected chi connectivity index (χ4v) is 5.37. The number of ether oxygens (including phenoxy) is 1. The lowest BCUT2D eigenvalue weighted by atomic mass is 9.79. The van der Waals surface area contributed by atoms with Gasteiger partial charge in [0.1, 0.15) is 18.2 Å². The molecule has 1 atom stereocenters. The van der Waals surface area contributed by atoms with Crippen LogP contribution in [-0.4, -0.2) is 70.6 Å². The van der Waals surface area contributed by atoms with Crippen LogP contribution in [0.1, 0.15) is 58.2 Å². The quantitative estimate of drug-likeness (QED) is 0.422. The van der Waals surface area contributed by atoms with Crippen molar-refractivity contribution in [3.63, 3.8) is 0 Å². The summed E-state index contributed by atoms with van der Waals surface area (Å²) in [4.78, 5) is 39.3. The summed E-state index contributed by atoms with van der Waals surface area (Å²) in [6.07, 6.45) is 1.97. The molecule has 1 aromatic heterocycles. The summed E-state index contributed by atoms with van der Waals surface area (Å²) in [5, 5.41) is 10.5. The molecule has 1 aromatic carbocycles. The van der Waals surface area contributed by atoms with E-state index < -0.39 is 11.5 Å². The van der Waals surface area contributed by atoms with Crippen LogP contribution in [0.2, 0.25) is 5.02 Å². The summed E-state index contributed by atoms with van der Waals surface area (Å²) < 4.78 is 5.82. The van der Waals surface area contributed by atoms with Gasteiger partial charge >= 0.3 is 0 Å². The van der Waals surface area contributed by atoms with E-state index in [1.54, 1.807) is 25.1 Å². The molecule has 3 heterocycles. The third-order valence-electron chi connectivity index (χ3n) is 7.39. The van der Waals surface area contributed by atoms with Crippen molar-refractivity contribution in [3.8, 4) is 17.1 Å². The molecule has 10 heteroatoms. The Morgan fingerprint density at radius 1 is 1.23 bits per heavy atom. The summed E-state index contributed by atoms with van der Waals surface area (Å²) in [5.41, 5.74) is 8.00. The van der Waals surface area contributed by atoms with E-state index in [0.29, 0.717) is 70.0 Å². The topological polar surface area (TPSA) is 122 Å². The van der Waals surface area contributed by atoms with Gasteiger partial charge in [0, 0.05) is 43.0 Å². The van der Waals surface area contributed by atoms with E-state index >= 15 is 0 Å². The number of rotatable bonds is 10. The monoisotopic (exact) mass is 555 g/mol. The molecule has 9 nitrogen and oxygen atoms in total. The first-order valence-electron chi connectivity index (χ1n) is 13.5. The summed E-state index contributed by atoms with van der Waals surface area (Å²) in [6.45, 7) is 11.8. The lowest BCUT2D eigenvalue weighted by Crippen LogP contribution is -2.64. The second-order valence-electron chi connectivity index (χ2n) is 10.9. The van der Waals surface area contributed by atoms with Crippen molar-refractivity contribution in [3.05, 3.63) is 40.2 Å². The molecule has 3 N–H and O–H groups in total. The molecule has 210 valence electrons. The Hall–Kier alpha value is -3.17. The fraction of sp³-hybridized carbons (Fsp3) is 0.517. The third-order valence-corrected chi connectivity index (χ3v) is 7.71. The first kappa shape index (κ1) is 28.8. The molecule has 39 heavy (non-hydrogen) atoms. The minimum Gasteiger partial charge on any atom is -0.491 e. The van der Waals surface area contributed by atoms with Crippen LogP contribution in [0.5, 0.6) is 5.75 Å². The highest BCUT2D eigenvalue weighted by Crippen LogP contribution is 2.40. The third kappa shape index (κ3) is 5.89. The maximum atomic E-state index is 13.0. The van der Waals surface area contributed by atoms with Gasteiger partial charge < -0.3 is 25.4 Å². The Balaban J connectivity index is 1.74. The summed E-state index contributed by atoms with van der Waals surface area (Å²) in [6, 6.07) is 5.16. The minimum atomic E-state index is -0.571. The molecular weight excluding hydrogens is 518 g/mol. The molecule has 2 aliphatic heterocycles. The number of nitrogens with two attached hydrogens (primary N) is 1. The van der Waals surface area contributed by atoms with E-state index in [1.807, 2.05) is 30.6 Å². The van der Waals surface area contributed by atoms with Gasteiger partial charge in [0.05, 0.1) is 27.8 Å². The molecule has 2 aromatic rings. The number of halogens is 1. The molecule has 0 spiro atoms. The van der Waals surface area contributed by atoms with Crippen molar-refractivity contribution in [2.45, 2.75) is 60.0 Å². The molecule has 2 aliphatic rings.